The normalized spacial score (nSPS) is 11.6. The van der Waals surface area contributed by atoms with Gasteiger partial charge in [-0.05, 0) is 107 Å². The second kappa shape index (κ2) is 12.6. The molecule has 0 aliphatic heterocycles. The van der Waals surface area contributed by atoms with E-state index in [-0.39, 0.29) is 0 Å². The van der Waals surface area contributed by atoms with Crippen molar-refractivity contribution in [3.63, 3.8) is 0 Å². The number of fused-ring (bicyclic) bond motifs is 8. The van der Waals surface area contributed by atoms with Gasteiger partial charge in [0.25, 0.3) is 0 Å². The quantitative estimate of drug-likeness (QED) is 0.172. The van der Waals surface area contributed by atoms with Crippen LogP contribution < -0.4 is 4.90 Å². The maximum absolute atomic E-state index is 6.50. The van der Waals surface area contributed by atoms with Crippen molar-refractivity contribution < 1.29 is 4.42 Å². The Morgan fingerprint density at radius 3 is 1.58 bits per heavy atom. The molecule has 0 spiro atoms. The first kappa shape index (κ1) is 31.2. The Hall–Kier alpha value is -7.36. The molecule has 0 atom stereocenters. The van der Waals surface area contributed by atoms with E-state index in [4.69, 9.17) is 4.42 Å². The van der Waals surface area contributed by atoms with Gasteiger partial charge in [-0.25, -0.2) is 0 Å². The zero-order chi connectivity index (χ0) is 36.3. The highest BCUT2D eigenvalue weighted by Crippen LogP contribution is 2.39. The van der Waals surface area contributed by atoms with Gasteiger partial charge in [0.15, 0.2) is 0 Å². The van der Waals surface area contributed by atoms with Crippen LogP contribution in [0.25, 0.3) is 82.5 Å². The number of rotatable bonds is 6. The number of nitrogens with zero attached hydrogens (tertiary/aromatic N) is 2. The van der Waals surface area contributed by atoms with Crippen molar-refractivity contribution in [3.8, 4) is 27.9 Å². The highest BCUT2D eigenvalue weighted by Gasteiger charge is 2.16. The first-order chi connectivity index (χ1) is 27.3. The molecule has 0 N–H and O–H groups in total. The van der Waals surface area contributed by atoms with Crippen LogP contribution in [0.15, 0.2) is 211 Å². The smallest absolute Gasteiger partial charge is 0.143 e. The molecule has 0 saturated carbocycles. The molecule has 11 aromatic rings. The highest BCUT2D eigenvalue weighted by atomic mass is 16.3. The van der Waals surface area contributed by atoms with Crippen molar-refractivity contribution in [2.45, 2.75) is 0 Å². The predicted octanol–water partition coefficient (Wildman–Crippen LogP) is 14.6. The van der Waals surface area contributed by atoms with Gasteiger partial charge in [0, 0.05) is 49.7 Å². The average molecular weight is 703 g/mol. The number of anilines is 3. The standard InChI is InChI=1S/C52H34N2O/c1-2-13-40(14-3-1)53(42-29-23-36(24-30-42)39-26-31-47-48-32-25-37-11-4-5-16-44(37)52(48)55-51(47)34-39)41-27-21-35(22-28-41)38-12-10-15-43(33-38)54-49-19-8-6-17-45(49)46-18-7-9-20-50(46)54/h1-34H. The third-order valence-electron chi connectivity index (χ3n) is 11.0. The van der Waals surface area contributed by atoms with Crippen LogP contribution in [0.3, 0.4) is 0 Å². The maximum Gasteiger partial charge on any atom is 0.143 e. The maximum atomic E-state index is 6.50. The second-order valence-corrected chi connectivity index (χ2v) is 14.2. The number of benzene rings is 9. The molecule has 2 aromatic heterocycles. The van der Waals surface area contributed by atoms with E-state index in [2.05, 4.69) is 216 Å². The van der Waals surface area contributed by atoms with Crippen LogP contribution >= 0.6 is 0 Å². The van der Waals surface area contributed by atoms with Crippen molar-refractivity contribution in [2.24, 2.45) is 0 Å². The third kappa shape index (κ3) is 5.20. The number of aromatic nitrogens is 1. The molecule has 0 radical (unpaired) electrons. The first-order valence-corrected chi connectivity index (χ1v) is 18.8. The fourth-order valence-electron chi connectivity index (χ4n) is 8.34. The van der Waals surface area contributed by atoms with E-state index in [0.717, 1.165) is 61.2 Å². The Kier molecular flexibility index (Phi) is 7.17. The van der Waals surface area contributed by atoms with Gasteiger partial charge in [0.2, 0.25) is 0 Å². The van der Waals surface area contributed by atoms with Gasteiger partial charge in [-0.1, -0.05) is 127 Å². The van der Waals surface area contributed by atoms with E-state index in [1.54, 1.807) is 0 Å². The highest BCUT2D eigenvalue weighted by molar-refractivity contribution is 6.15. The first-order valence-electron chi connectivity index (χ1n) is 18.8. The summed E-state index contributed by atoms with van der Waals surface area (Å²) < 4.78 is 8.87. The molecule has 11 rings (SSSR count). The summed E-state index contributed by atoms with van der Waals surface area (Å²) in [5, 5.41) is 7.15. The molecule has 55 heavy (non-hydrogen) atoms. The topological polar surface area (TPSA) is 21.3 Å². The Morgan fingerprint density at radius 2 is 0.891 bits per heavy atom. The fraction of sp³-hybridized carbons (Fsp3) is 0. The minimum atomic E-state index is 0.902. The minimum Gasteiger partial charge on any atom is -0.455 e. The van der Waals surface area contributed by atoms with Crippen LogP contribution in [0, 0.1) is 0 Å². The van der Waals surface area contributed by atoms with Gasteiger partial charge < -0.3 is 13.9 Å². The number of hydrogen-bond donors (Lipinski definition) is 0. The van der Waals surface area contributed by atoms with E-state index < -0.39 is 0 Å². The van der Waals surface area contributed by atoms with Gasteiger partial charge in [0.1, 0.15) is 11.2 Å². The lowest BCUT2D eigenvalue weighted by molar-refractivity contribution is 0.673. The Morgan fingerprint density at radius 1 is 0.345 bits per heavy atom. The van der Waals surface area contributed by atoms with Gasteiger partial charge >= 0.3 is 0 Å². The zero-order valence-corrected chi connectivity index (χ0v) is 29.9. The number of para-hydroxylation sites is 3. The zero-order valence-electron chi connectivity index (χ0n) is 29.9. The number of furan rings is 1. The average Bonchev–Trinajstić information content (AvgIpc) is 3.81. The molecule has 0 fully saturated rings. The summed E-state index contributed by atoms with van der Waals surface area (Å²) in [6.45, 7) is 0. The molecule has 0 aliphatic carbocycles. The summed E-state index contributed by atoms with van der Waals surface area (Å²) in [4.78, 5) is 2.32. The van der Waals surface area contributed by atoms with Crippen LogP contribution in [0.4, 0.5) is 17.1 Å². The molecule has 0 aliphatic rings. The molecular formula is C52H34N2O. The fourth-order valence-corrected chi connectivity index (χ4v) is 8.34. The molecule has 0 saturated heterocycles. The van der Waals surface area contributed by atoms with Crippen LogP contribution in [0.1, 0.15) is 0 Å². The Bertz CT molecular complexity index is 3140. The van der Waals surface area contributed by atoms with Gasteiger partial charge in [0.05, 0.1) is 11.0 Å². The lowest BCUT2D eigenvalue weighted by Crippen LogP contribution is -2.09. The summed E-state index contributed by atoms with van der Waals surface area (Å²) in [6, 6.07) is 73.8. The second-order valence-electron chi connectivity index (χ2n) is 14.2. The van der Waals surface area contributed by atoms with E-state index in [9.17, 15) is 0 Å². The van der Waals surface area contributed by atoms with E-state index in [1.807, 2.05) is 0 Å². The van der Waals surface area contributed by atoms with Gasteiger partial charge in [-0.3, -0.25) is 0 Å². The summed E-state index contributed by atoms with van der Waals surface area (Å²) in [7, 11) is 0. The van der Waals surface area contributed by atoms with Crippen molar-refractivity contribution in [3.05, 3.63) is 206 Å². The SMILES string of the molecule is c1ccc(N(c2ccc(-c3cccc(-n4c5ccccc5c5ccccc54)c3)cc2)c2ccc(-c3ccc4c(c3)oc3c5ccccc5ccc43)cc2)cc1. The van der Waals surface area contributed by atoms with Crippen molar-refractivity contribution in [1.82, 2.24) is 4.57 Å². The molecular weight excluding hydrogens is 669 g/mol. The predicted molar refractivity (Wildman–Crippen MR) is 231 cm³/mol. The lowest BCUT2D eigenvalue weighted by atomic mass is 10.0. The van der Waals surface area contributed by atoms with Crippen molar-refractivity contribution in [1.29, 1.82) is 0 Å². The van der Waals surface area contributed by atoms with E-state index in [1.165, 1.54) is 38.3 Å². The molecule has 0 amide bonds. The summed E-state index contributed by atoms with van der Waals surface area (Å²) in [5.74, 6) is 0. The molecule has 9 aromatic carbocycles. The molecule has 3 nitrogen and oxygen atoms in total. The molecule has 258 valence electrons. The minimum absolute atomic E-state index is 0.902. The van der Waals surface area contributed by atoms with Crippen LogP contribution in [0.2, 0.25) is 0 Å². The van der Waals surface area contributed by atoms with Crippen LogP contribution in [-0.2, 0) is 0 Å². The molecule has 3 heteroatoms. The van der Waals surface area contributed by atoms with Crippen molar-refractivity contribution >= 4 is 71.6 Å². The van der Waals surface area contributed by atoms with Gasteiger partial charge in [-0.2, -0.15) is 0 Å². The molecule has 0 unspecified atom stereocenters. The third-order valence-corrected chi connectivity index (χ3v) is 11.0. The van der Waals surface area contributed by atoms with Crippen LogP contribution in [0.5, 0.6) is 0 Å². The Labute approximate surface area is 318 Å². The van der Waals surface area contributed by atoms with Gasteiger partial charge in [-0.15, -0.1) is 0 Å². The number of hydrogen-bond acceptors (Lipinski definition) is 2. The lowest BCUT2D eigenvalue weighted by Gasteiger charge is -2.26. The molecule has 0 bridgehead atoms. The van der Waals surface area contributed by atoms with E-state index >= 15 is 0 Å². The summed E-state index contributed by atoms with van der Waals surface area (Å²) >= 11 is 0. The van der Waals surface area contributed by atoms with Crippen LogP contribution in [-0.4, -0.2) is 4.57 Å². The van der Waals surface area contributed by atoms with E-state index in [0.29, 0.717) is 0 Å². The largest absolute Gasteiger partial charge is 0.455 e. The summed E-state index contributed by atoms with van der Waals surface area (Å²) in [5.41, 5.74) is 13.3. The Balaban J connectivity index is 0.931. The van der Waals surface area contributed by atoms with Crippen molar-refractivity contribution in [2.75, 3.05) is 4.90 Å². The monoisotopic (exact) mass is 702 g/mol. The molecule has 2 heterocycles. The summed E-state index contributed by atoms with van der Waals surface area (Å²) in [6.07, 6.45) is 0.